The van der Waals surface area contributed by atoms with Crippen LogP contribution in [0.2, 0.25) is 10.0 Å². The molecule has 1 heterocycles. The lowest BCUT2D eigenvalue weighted by Crippen LogP contribution is -2.17. The zero-order valence-electron chi connectivity index (χ0n) is 9.74. The Hall–Kier alpha value is -0.970. The number of methoxy groups -OCH3 is 1. The summed E-state index contributed by atoms with van der Waals surface area (Å²) < 4.78 is 5.26. The molecule has 1 aliphatic heterocycles. The number of aliphatic carboxylic acids is 1. The summed E-state index contributed by atoms with van der Waals surface area (Å²) in [4.78, 5) is 10.9. The Morgan fingerprint density at radius 3 is 2.78 bits per heavy atom. The third-order valence-corrected chi connectivity index (χ3v) is 3.60. The minimum Gasteiger partial charge on any atom is -0.495 e. The molecular weight excluding hydrogens is 277 g/mol. The predicted octanol–water partition coefficient (Wildman–Crippen LogP) is 2.74. The Morgan fingerprint density at radius 1 is 1.50 bits per heavy atom. The highest BCUT2D eigenvalue weighted by atomic mass is 35.5. The minimum absolute atomic E-state index is 0.0998. The number of hydrogen-bond acceptors (Lipinski definition) is 3. The van der Waals surface area contributed by atoms with Crippen LogP contribution in [0.25, 0.3) is 0 Å². The van der Waals surface area contributed by atoms with Crippen molar-refractivity contribution in [1.29, 1.82) is 0 Å². The molecule has 1 saturated heterocycles. The van der Waals surface area contributed by atoms with E-state index >= 15 is 0 Å². The average molecular weight is 290 g/mol. The van der Waals surface area contributed by atoms with E-state index in [1.807, 2.05) is 0 Å². The topological polar surface area (TPSA) is 58.6 Å². The molecule has 6 heteroatoms. The van der Waals surface area contributed by atoms with E-state index < -0.39 is 11.9 Å². The summed E-state index contributed by atoms with van der Waals surface area (Å²) in [6.45, 7) is 0.438. The van der Waals surface area contributed by atoms with Gasteiger partial charge in [-0.05, 0) is 18.6 Å². The molecule has 1 aliphatic rings. The van der Waals surface area contributed by atoms with Gasteiger partial charge in [0.1, 0.15) is 5.75 Å². The van der Waals surface area contributed by atoms with Gasteiger partial charge in [0.2, 0.25) is 0 Å². The van der Waals surface area contributed by atoms with E-state index in [9.17, 15) is 4.79 Å². The van der Waals surface area contributed by atoms with Gasteiger partial charge in [0, 0.05) is 23.2 Å². The number of carboxylic acids is 1. The molecule has 4 nitrogen and oxygen atoms in total. The van der Waals surface area contributed by atoms with Crippen molar-refractivity contribution in [1.82, 2.24) is 5.32 Å². The van der Waals surface area contributed by atoms with Crippen molar-refractivity contribution in [3.05, 3.63) is 27.7 Å². The minimum atomic E-state index is -0.794. The van der Waals surface area contributed by atoms with Crippen LogP contribution in [0.15, 0.2) is 12.1 Å². The van der Waals surface area contributed by atoms with E-state index in [2.05, 4.69) is 5.32 Å². The molecule has 1 aromatic rings. The molecule has 0 aromatic heterocycles. The smallest absolute Gasteiger partial charge is 0.307 e. The molecular formula is C12H13Cl2NO3. The van der Waals surface area contributed by atoms with Gasteiger partial charge in [0.15, 0.2) is 0 Å². The van der Waals surface area contributed by atoms with Crippen molar-refractivity contribution in [2.24, 2.45) is 5.92 Å². The average Bonchev–Trinajstić information content (AvgIpc) is 2.77. The molecule has 2 unspecified atom stereocenters. The van der Waals surface area contributed by atoms with Crippen molar-refractivity contribution in [2.45, 2.75) is 12.5 Å². The van der Waals surface area contributed by atoms with Gasteiger partial charge in [-0.1, -0.05) is 23.2 Å². The molecule has 0 bridgehead atoms. The van der Waals surface area contributed by atoms with Crippen molar-refractivity contribution in [3.8, 4) is 5.75 Å². The Kier molecular flexibility index (Phi) is 4.00. The first-order valence-electron chi connectivity index (χ1n) is 5.52. The van der Waals surface area contributed by atoms with Crippen LogP contribution in [0.3, 0.4) is 0 Å². The lowest BCUT2D eigenvalue weighted by Gasteiger charge is -2.16. The van der Waals surface area contributed by atoms with Crippen LogP contribution in [0, 0.1) is 5.92 Å². The van der Waals surface area contributed by atoms with Gasteiger partial charge in [0.25, 0.3) is 0 Å². The van der Waals surface area contributed by atoms with Crippen molar-refractivity contribution >= 4 is 29.2 Å². The number of benzene rings is 1. The Balaban J connectivity index is 2.31. The molecule has 18 heavy (non-hydrogen) atoms. The lowest BCUT2D eigenvalue weighted by atomic mass is 9.99. The first kappa shape index (κ1) is 13.5. The van der Waals surface area contributed by atoms with Crippen LogP contribution in [-0.4, -0.2) is 24.7 Å². The maximum absolute atomic E-state index is 10.9. The summed E-state index contributed by atoms with van der Waals surface area (Å²) in [6.07, 6.45) is 0.502. The molecule has 2 atom stereocenters. The van der Waals surface area contributed by atoms with Crippen LogP contribution in [0.5, 0.6) is 5.75 Å². The Labute approximate surface area is 115 Å². The standard InChI is InChI=1S/C12H13Cl2NO3/c1-18-11-8(3-7(13)4-9(11)14)10-2-6(5-15-10)12(16)17/h3-4,6,10,15H,2,5H2,1H3,(H,16,17). The normalized spacial score (nSPS) is 23.1. The molecule has 0 spiro atoms. The second kappa shape index (κ2) is 5.34. The lowest BCUT2D eigenvalue weighted by molar-refractivity contribution is -0.141. The largest absolute Gasteiger partial charge is 0.495 e. The summed E-state index contributed by atoms with van der Waals surface area (Å²) in [7, 11) is 1.53. The first-order valence-corrected chi connectivity index (χ1v) is 6.27. The third-order valence-electron chi connectivity index (χ3n) is 3.10. The van der Waals surface area contributed by atoms with Crippen molar-refractivity contribution < 1.29 is 14.6 Å². The molecule has 0 aliphatic carbocycles. The van der Waals surface area contributed by atoms with Crippen LogP contribution in [0.4, 0.5) is 0 Å². The molecule has 98 valence electrons. The van der Waals surface area contributed by atoms with Gasteiger partial charge in [-0.3, -0.25) is 4.79 Å². The van der Waals surface area contributed by atoms with E-state index in [1.54, 1.807) is 12.1 Å². The molecule has 1 aromatic carbocycles. The second-order valence-corrected chi connectivity index (χ2v) is 5.09. The number of halogens is 2. The zero-order valence-corrected chi connectivity index (χ0v) is 11.3. The van der Waals surface area contributed by atoms with E-state index in [0.717, 1.165) is 5.56 Å². The number of nitrogens with one attached hydrogen (secondary N) is 1. The molecule has 0 amide bonds. The maximum atomic E-state index is 10.9. The summed E-state index contributed by atoms with van der Waals surface area (Å²) in [5.41, 5.74) is 0.804. The molecule has 2 rings (SSSR count). The van der Waals surface area contributed by atoms with Crippen molar-refractivity contribution in [3.63, 3.8) is 0 Å². The summed E-state index contributed by atoms with van der Waals surface area (Å²) in [5, 5.41) is 13.1. The van der Waals surface area contributed by atoms with Gasteiger partial charge in [-0.15, -0.1) is 0 Å². The van der Waals surface area contributed by atoms with E-state index in [4.69, 9.17) is 33.0 Å². The summed E-state index contributed by atoms with van der Waals surface area (Å²) in [6, 6.07) is 3.26. The fourth-order valence-electron chi connectivity index (χ4n) is 2.22. The van der Waals surface area contributed by atoms with Crippen LogP contribution >= 0.6 is 23.2 Å². The first-order chi connectivity index (χ1) is 8.52. The SMILES string of the molecule is COc1c(Cl)cc(Cl)cc1C1CC(C(=O)O)CN1. The van der Waals surface area contributed by atoms with Crippen LogP contribution in [-0.2, 0) is 4.79 Å². The van der Waals surface area contributed by atoms with E-state index in [1.165, 1.54) is 7.11 Å². The molecule has 1 fully saturated rings. The predicted molar refractivity (Wildman–Crippen MR) is 69.5 cm³/mol. The van der Waals surface area contributed by atoms with Gasteiger partial charge in [-0.2, -0.15) is 0 Å². The molecule has 0 radical (unpaired) electrons. The van der Waals surface area contributed by atoms with Crippen LogP contribution in [0.1, 0.15) is 18.0 Å². The number of carboxylic acid groups (broad SMARTS) is 1. The van der Waals surface area contributed by atoms with E-state index in [-0.39, 0.29) is 6.04 Å². The zero-order chi connectivity index (χ0) is 13.3. The highest BCUT2D eigenvalue weighted by Crippen LogP contribution is 2.39. The summed E-state index contributed by atoms with van der Waals surface area (Å²) in [5.74, 6) is -0.640. The maximum Gasteiger partial charge on any atom is 0.307 e. The quantitative estimate of drug-likeness (QED) is 0.898. The van der Waals surface area contributed by atoms with Crippen LogP contribution < -0.4 is 10.1 Å². The fraction of sp³-hybridized carbons (Fsp3) is 0.417. The third kappa shape index (κ3) is 2.55. The van der Waals surface area contributed by atoms with Gasteiger partial charge in [0.05, 0.1) is 18.1 Å². The van der Waals surface area contributed by atoms with Gasteiger partial charge >= 0.3 is 5.97 Å². The second-order valence-electron chi connectivity index (χ2n) is 4.24. The van der Waals surface area contributed by atoms with Gasteiger partial charge in [-0.25, -0.2) is 0 Å². The highest BCUT2D eigenvalue weighted by molar-refractivity contribution is 6.35. The summed E-state index contributed by atoms with van der Waals surface area (Å²) >= 11 is 12.0. The Morgan fingerprint density at radius 2 is 2.22 bits per heavy atom. The number of rotatable bonds is 3. The highest BCUT2D eigenvalue weighted by Gasteiger charge is 2.32. The number of ether oxygens (including phenoxy) is 1. The van der Waals surface area contributed by atoms with Crippen molar-refractivity contribution in [2.75, 3.05) is 13.7 Å². The number of hydrogen-bond donors (Lipinski definition) is 2. The Bertz CT molecular complexity index is 479. The van der Waals surface area contributed by atoms with Gasteiger partial charge < -0.3 is 15.2 Å². The fourth-order valence-corrected chi connectivity index (χ4v) is 2.80. The molecule has 0 saturated carbocycles. The molecule has 2 N–H and O–H groups in total. The number of carbonyl (C=O) groups is 1. The monoisotopic (exact) mass is 289 g/mol. The van der Waals surface area contributed by atoms with E-state index in [0.29, 0.717) is 28.8 Å².